The zero-order chi connectivity index (χ0) is 14.3. The van der Waals surface area contributed by atoms with Crippen LogP contribution in [0.1, 0.15) is 28.6 Å². The molecule has 0 radical (unpaired) electrons. The lowest BCUT2D eigenvalue weighted by molar-refractivity contribution is 0.191. The Morgan fingerprint density at radius 3 is 2.60 bits per heavy atom. The molecule has 0 saturated carbocycles. The lowest BCUT2D eigenvalue weighted by Crippen LogP contribution is -2.00. The van der Waals surface area contributed by atoms with Crippen LogP contribution in [0, 0.1) is 19.7 Å². The Morgan fingerprint density at radius 2 is 1.85 bits per heavy atom. The van der Waals surface area contributed by atoms with E-state index in [2.05, 4.69) is 0 Å². The summed E-state index contributed by atoms with van der Waals surface area (Å²) in [5.74, 6) is 0.114. The maximum atomic E-state index is 13.2. The van der Waals surface area contributed by atoms with Crippen LogP contribution >= 0.6 is 0 Å². The zero-order valence-electron chi connectivity index (χ0n) is 11.4. The van der Waals surface area contributed by atoms with Gasteiger partial charge in [0.25, 0.3) is 0 Å². The Morgan fingerprint density at radius 1 is 1.05 bits per heavy atom. The maximum absolute atomic E-state index is 13.2. The molecule has 1 unspecified atom stereocenters. The first-order chi connectivity index (χ1) is 9.54. The molecule has 0 aliphatic carbocycles. The van der Waals surface area contributed by atoms with Crippen LogP contribution in [0.25, 0.3) is 11.0 Å². The van der Waals surface area contributed by atoms with Gasteiger partial charge >= 0.3 is 0 Å². The van der Waals surface area contributed by atoms with E-state index in [1.807, 2.05) is 32.0 Å². The molecule has 0 aliphatic rings. The number of rotatable bonds is 2. The Hall–Kier alpha value is -2.13. The number of halogens is 1. The van der Waals surface area contributed by atoms with E-state index in [9.17, 15) is 9.50 Å². The van der Waals surface area contributed by atoms with E-state index >= 15 is 0 Å². The molecule has 2 aromatic carbocycles. The lowest BCUT2D eigenvalue weighted by atomic mass is 9.99. The van der Waals surface area contributed by atoms with Gasteiger partial charge in [-0.15, -0.1) is 0 Å². The first-order valence-electron chi connectivity index (χ1n) is 6.49. The third kappa shape index (κ3) is 2.21. The quantitative estimate of drug-likeness (QED) is 0.754. The van der Waals surface area contributed by atoms with Crippen LogP contribution in [0.3, 0.4) is 0 Å². The predicted octanol–water partition coefficient (Wildman–Crippen LogP) is 4.27. The minimum Gasteiger partial charge on any atom is -0.458 e. The minimum atomic E-state index is -0.842. The summed E-state index contributed by atoms with van der Waals surface area (Å²) in [6.45, 7) is 3.96. The monoisotopic (exact) mass is 270 g/mol. The van der Waals surface area contributed by atoms with Crippen molar-refractivity contribution in [3.8, 4) is 0 Å². The summed E-state index contributed by atoms with van der Waals surface area (Å²) < 4.78 is 18.8. The summed E-state index contributed by atoms with van der Waals surface area (Å²) in [6.07, 6.45) is -0.842. The number of aryl methyl sites for hydroxylation is 2. The highest BCUT2D eigenvalue weighted by molar-refractivity contribution is 5.78. The van der Waals surface area contributed by atoms with Crippen molar-refractivity contribution in [1.82, 2.24) is 0 Å². The molecule has 2 nitrogen and oxygen atoms in total. The van der Waals surface area contributed by atoms with Gasteiger partial charge in [-0.2, -0.15) is 0 Å². The minimum absolute atomic E-state index is 0.314. The first kappa shape index (κ1) is 12.9. The Kier molecular flexibility index (Phi) is 3.07. The van der Waals surface area contributed by atoms with Crippen molar-refractivity contribution in [1.29, 1.82) is 0 Å². The van der Waals surface area contributed by atoms with Crippen molar-refractivity contribution in [2.45, 2.75) is 20.0 Å². The molecule has 0 fully saturated rings. The number of benzene rings is 2. The Bertz CT molecular complexity index is 774. The second-order valence-electron chi connectivity index (χ2n) is 5.09. The summed E-state index contributed by atoms with van der Waals surface area (Å²) in [7, 11) is 0. The van der Waals surface area contributed by atoms with Gasteiger partial charge in [0.2, 0.25) is 0 Å². The summed E-state index contributed by atoms with van der Waals surface area (Å²) in [6, 6.07) is 11.9. The van der Waals surface area contributed by atoms with Gasteiger partial charge in [0.05, 0.1) is 0 Å². The average Bonchev–Trinajstić information content (AvgIpc) is 2.81. The number of aliphatic hydroxyl groups excluding tert-OH is 1. The molecule has 0 spiro atoms. The molecular weight excluding hydrogens is 255 g/mol. The number of fused-ring (bicyclic) bond motifs is 1. The van der Waals surface area contributed by atoms with Gasteiger partial charge in [-0.05, 0) is 49.2 Å². The van der Waals surface area contributed by atoms with Gasteiger partial charge < -0.3 is 9.52 Å². The van der Waals surface area contributed by atoms with E-state index in [0.29, 0.717) is 16.7 Å². The second-order valence-corrected chi connectivity index (χ2v) is 5.09. The van der Waals surface area contributed by atoms with E-state index in [1.165, 1.54) is 12.1 Å². The molecule has 1 atom stereocenters. The lowest BCUT2D eigenvalue weighted by Gasteiger charge is -2.11. The molecular formula is C17H15FO2. The van der Waals surface area contributed by atoms with Gasteiger partial charge in [0, 0.05) is 5.39 Å². The third-order valence-electron chi connectivity index (χ3n) is 3.49. The zero-order valence-corrected chi connectivity index (χ0v) is 11.4. The van der Waals surface area contributed by atoms with Crippen LogP contribution in [0.4, 0.5) is 4.39 Å². The van der Waals surface area contributed by atoms with Crippen LogP contribution < -0.4 is 0 Å². The van der Waals surface area contributed by atoms with E-state index < -0.39 is 6.10 Å². The molecule has 3 rings (SSSR count). The number of aliphatic hydroxyl groups is 1. The molecule has 0 amide bonds. The third-order valence-corrected chi connectivity index (χ3v) is 3.49. The van der Waals surface area contributed by atoms with Crippen molar-refractivity contribution in [3.63, 3.8) is 0 Å². The Labute approximate surface area is 116 Å². The normalized spacial score (nSPS) is 12.8. The average molecular weight is 270 g/mol. The van der Waals surface area contributed by atoms with Crippen LogP contribution in [-0.2, 0) is 0 Å². The van der Waals surface area contributed by atoms with Gasteiger partial charge in [-0.3, -0.25) is 0 Å². The SMILES string of the molecule is Cc1ccc(C(O)c2cc3cc(F)ccc3o2)c(C)c1. The molecule has 1 N–H and O–H groups in total. The summed E-state index contributed by atoms with van der Waals surface area (Å²) in [5.41, 5.74) is 3.52. The summed E-state index contributed by atoms with van der Waals surface area (Å²) in [4.78, 5) is 0. The van der Waals surface area contributed by atoms with Gasteiger partial charge in [0.1, 0.15) is 23.3 Å². The molecule has 102 valence electrons. The predicted molar refractivity (Wildman–Crippen MR) is 76.1 cm³/mol. The van der Waals surface area contributed by atoms with Gasteiger partial charge in [0.15, 0.2) is 0 Å². The van der Waals surface area contributed by atoms with Crippen molar-refractivity contribution in [2.75, 3.05) is 0 Å². The Balaban J connectivity index is 2.05. The number of furan rings is 1. The highest BCUT2D eigenvalue weighted by Gasteiger charge is 2.17. The topological polar surface area (TPSA) is 33.4 Å². The molecule has 0 bridgehead atoms. The smallest absolute Gasteiger partial charge is 0.138 e. The first-order valence-corrected chi connectivity index (χ1v) is 6.49. The summed E-state index contributed by atoms with van der Waals surface area (Å²) >= 11 is 0. The van der Waals surface area contributed by atoms with E-state index in [-0.39, 0.29) is 5.82 Å². The fourth-order valence-electron chi connectivity index (χ4n) is 2.46. The summed E-state index contributed by atoms with van der Waals surface area (Å²) in [5, 5.41) is 11.1. The largest absolute Gasteiger partial charge is 0.458 e. The molecule has 1 aromatic heterocycles. The highest BCUT2D eigenvalue weighted by Crippen LogP contribution is 2.30. The van der Waals surface area contributed by atoms with Gasteiger partial charge in [-0.25, -0.2) is 4.39 Å². The second kappa shape index (κ2) is 4.76. The maximum Gasteiger partial charge on any atom is 0.138 e. The van der Waals surface area contributed by atoms with E-state index in [1.54, 1.807) is 12.1 Å². The van der Waals surface area contributed by atoms with Gasteiger partial charge in [-0.1, -0.05) is 23.8 Å². The van der Waals surface area contributed by atoms with Crippen LogP contribution in [-0.4, -0.2) is 5.11 Å². The molecule has 0 aliphatic heterocycles. The van der Waals surface area contributed by atoms with Crippen molar-refractivity contribution < 1.29 is 13.9 Å². The number of hydrogen-bond donors (Lipinski definition) is 1. The standard InChI is InChI=1S/C17H15FO2/c1-10-3-5-14(11(2)7-10)17(19)16-9-12-8-13(18)4-6-15(12)20-16/h3-9,17,19H,1-2H3. The van der Waals surface area contributed by atoms with Crippen molar-refractivity contribution >= 4 is 11.0 Å². The molecule has 3 heteroatoms. The van der Waals surface area contributed by atoms with Crippen molar-refractivity contribution in [2.24, 2.45) is 0 Å². The van der Waals surface area contributed by atoms with E-state index in [4.69, 9.17) is 4.42 Å². The molecule has 0 saturated heterocycles. The van der Waals surface area contributed by atoms with Crippen LogP contribution in [0.5, 0.6) is 0 Å². The molecule has 20 heavy (non-hydrogen) atoms. The fourth-order valence-corrected chi connectivity index (χ4v) is 2.46. The van der Waals surface area contributed by atoms with E-state index in [0.717, 1.165) is 16.7 Å². The number of hydrogen-bond acceptors (Lipinski definition) is 2. The highest BCUT2D eigenvalue weighted by atomic mass is 19.1. The van der Waals surface area contributed by atoms with Crippen molar-refractivity contribution in [3.05, 3.63) is 70.7 Å². The van der Waals surface area contributed by atoms with Crippen LogP contribution in [0.15, 0.2) is 46.9 Å². The fraction of sp³-hybridized carbons (Fsp3) is 0.176. The van der Waals surface area contributed by atoms with Crippen LogP contribution in [0.2, 0.25) is 0 Å². The molecule has 1 heterocycles. The molecule has 3 aromatic rings.